The van der Waals surface area contributed by atoms with Crippen LogP contribution in [0.5, 0.6) is 0 Å². The largest absolute Gasteiger partial charge is 0.292 e. The molecule has 2 nitrogen and oxygen atoms in total. The van der Waals surface area contributed by atoms with E-state index in [-0.39, 0.29) is 23.5 Å². The van der Waals surface area contributed by atoms with E-state index in [1.54, 1.807) is 0 Å². The molecule has 2 unspecified atom stereocenters. The summed E-state index contributed by atoms with van der Waals surface area (Å²) >= 11 is 0. The van der Waals surface area contributed by atoms with Gasteiger partial charge in [-0.3, -0.25) is 4.79 Å². The molecule has 7 rings (SSSR count). The van der Waals surface area contributed by atoms with Crippen LogP contribution in [0.25, 0.3) is 10.8 Å². The molecule has 0 fully saturated rings. The van der Waals surface area contributed by atoms with Crippen molar-refractivity contribution in [1.82, 2.24) is 0 Å². The lowest BCUT2D eigenvalue weighted by Gasteiger charge is -2.29. The number of fused-ring (bicyclic) bond motifs is 1. The summed E-state index contributed by atoms with van der Waals surface area (Å²) in [6, 6.07) is 52.6. The molecule has 0 N–H and O–H groups in total. The molecule has 0 radical (unpaired) electrons. The average molecular weight is 680 g/mol. The zero-order valence-corrected chi connectivity index (χ0v) is 31.1. The third kappa shape index (κ3) is 7.21. The monoisotopic (exact) mass is 679 g/mol. The highest BCUT2D eigenvalue weighted by molar-refractivity contribution is 6.41. The number of hydrogen-bond acceptors (Lipinski definition) is 2. The van der Waals surface area contributed by atoms with Gasteiger partial charge in [-0.25, -0.2) is 4.99 Å². The van der Waals surface area contributed by atoms with Crippen LogP contribution in [0.2, 0.25) is 0 Å². The van der Waals surface area contributed by atoms with E-state index in [1.165, 1.54) is 38.8 Å². The molecule has 0 bridgehead atoms. The number of Topliss-reactive ketones (excluding diaryl/α,β-unsaturated/α-hetero) is 1. The highest BCUT2D eigenvalue weighted by Crippen LogP contribution is 2.49. The van der Waals surface area contributed by atoms with Crippen molar-refractivity contribution < 1.29 is 4.79 Å². The van der Waals surface area contributed by atoms with E-state index in [9.17, 15) is 4.79 Å². The predicted molar refractivity (Wildman–Crippen MR) is 219 cm³/mol. The molecule has 1 aliphatic carbocycles. The van der Waals surface area contributed by atoms with Gasteiger partial charge in [0.25, 0.3) is 0 Å². The van der Waals surface area contributed by atoms with Gasteiger partial charge in [-0.05, 0) is 70.0 Å². The molecular formula is C50H49NO. The Hall–Kier alpha value is -5.34. The lowest BCUT2D eigenvalue weighted by Crippen LogP contribution is -2.26. The molecule has 52 heavy (non-hydrogen) atoms. The standard InChI is InChI=1S/C50H49NO/c1-34-29-31-36(32-30-34)41-27-18-28-42-43(45(37-19-10-6-11-20-37)38-21-12-7-13-22-38)33-44(48(47(41)42)51-35(2)49(52)50(3,4)5)46(39-23-14-8-15-24-39)40-25-16-9-17-26-40/h6-29,31,33-34,36,45-46H,30,32H2,1-5H3. The minimum absolute atomic E-state index is 0.0247. The molecule has 0 spiro atoms. The predicted octanol–water partition coefficient (Wildman–Crippen LogP) is 13.0. The highest BCUT2D eigenvalue weighted by Gasteiger charge is 2.31. The minimum atomic E-state index is -0.557. The lowest BCUT2D eigenvalue weighted by molar-refractivity contribution is -0.119. The molecule has 0 amide bonds. The van der Waals surface area contributed by atoms with E-state index >= 15 is 0 Å². The van der Waals surface area contributed by atoms with Gasteiger partial charge in [0.15, 0.2) is 5.78 Å². The average Bonchev–Trinajstić information content (AvgIpc) is 3.17. The van der Waals surface area contributed by atoms with Crippen LogP contribution in [0, 0.1) is 11.3 Å². The van der Waals surface area contributed by atoms with E-state index in [0.29, 0.717) is 11.6 Å². The van der Waals surface area contributed by atoms with Crippen LogP contribution < -0.4 is 0 Å². The Morgan fingerprint density at radius 3 is 1.54 bits per heavy atom. The summed E-state index contributed by atoms with van der Waals surface area (Å²) in [4.78, 5) is 19.4. The second-order valence-corrected chi connectivity index (χ2v) is 15.5. The number of rotatable bonds is 9. The first-order valence-electron chi connectivity index (χ1n) is 18.8. The van der Waals surface area contributed by atoms with Crippen LogP contribution in [0.15, 0.2) is 163 Å². The number of carbonyl (C=O) groups excluding carboxylic acids is 1. The second-order valence-electron chi connectivity index (χ2n) is 15.5. The first kappa shape index (κ1) is 35.1. The number of ketones is 1. The lowest BCUT2D eigenvalue weighted by atomic mass is 9.75. The number of allylic oxidation sites excluding steroid dienone is 2. The molecule has 0 heterocycles. The first-order valence-corrected chi connectivity index (χ1v) is 18.8. The normalized spacial score (nSPS) is 16.5. The van der Waals surface area contributed by atoms with Gasteiger partial charge in [0.05, 0.1) is 11.4 Å². The van der Waals surface area contributed by atoms with Crippen molar-refractivity contribution in [1.29, 1.82) is 0 Å². The molecule has 0 aromatic heterocycles. The summed E-state index contributed by atoms with van der Waals surface area (Å²) in [5.41, 5.74) is 9.36. The topological polar surface area (TPSA) is 29.4 Å². The van der Waals surface area contributed by atoms with Crippen LogP contribution >= 0.6 is 0 Å². The fourth-order valence-electron chi connectivity index (χ4n) is 8.09. The fourth-order valence-corrected chi connectivity index (χ4v) is 8.09. The number of hydrogen-bond donors (Lipinski definition) is 0. The molecule has 260 valence electrons. The third-order valence-corrected chi connectivity index (χ3v) is 10.7. The van der Waals surface area contributed by atoms with Gasteiger partial charge in [0, 0.05) is 28.6 Å². The van der Waals surface area contributed by atoms with Crippen molar-refractivity contribution in [3.8, 4) is 0 Å². The van der Waals surface area contributed by atoms with E-state index in [2.05, 4.69) is 165 Å². The van der Waals surface area contributed by atoms with Crippen molar-refractivity contribution in [3.05, 3.63) is 197 Å². The van der Waals surface area contributed by atoms with Crippen LogP contribution in [-0.4, -0.2) is 11.5 Å². The van der Waals surface area contributed by atoms with Gasteiger partial charge in [-0.2, -0.15) is 0 Å². The molecule has 1 aliphatic rings. The minimum Gasteiger partial charge on any atom is -0.292 e. The maximum absolute atomic E-state index is 14.0. The van der Waals surface area contributed by atoms with Gasteiger partial charge < -0.3 is 0 Å². The Morgan fingerprint density at radius 2 is 1.10 bits per heavy atom. The maximum Gasteiger partial charge on any atom is 0.182 e. The molecular weight excluding hydrogens is 631 g/mol. The molecule has 6 aromatic carbocycles. The first-order chi connectivity index (χ1) is 25.2. The van der Waals surface area contributed by atoms with E-state index in [1.807, 2.05) is 27.7 Å². The summed E-state index contributed by atoms with van der Waals surface area (Å²) in [7, 11) is 0. The molecule has 2 atom stereocenters. The van der Waals surface area contributed by atoms with Crippen molar-refractivity contribution >= 4 is 28.0 Å². The fraction of sp³-hybridized carbons (Fsp3) is 0.240. The van der Waals surface area contributed by atoms with Crippen molar-refractivity contribution in [2.45, 2.75) is 65.2 Å². The number of aliphatic imine (C=N–C) groups is 1. The van der Waals surface area contributed by atoms with Crippen molar-refractivity contribution in [2.75, 3.05) is 0 Å². The summed E-state index contributed by atoms with van der Waals surface area (Å²) in [6.45, 7) is 10.2. The quantitative estimate of drug-likeness (QED) is 0.0849. The van der Waals surface area contributed by atoms with Crippen LogP contribution in [0.1, 0.15) is 104 Å². The van der Waals surface area contributed by atoms with Crippen molar-refractivity contribution in [2.24, 2.45) is 16.3 Å². The summed E-state index contributed by atoms with van der Waals surface area (Å²) in [5.74, 6) is 0.714. The van der Waals surface area contributed by atoms with Gasteiger partial charge in [-0.1, -0.05) is 185 Å². The molecule has 2 heteroatoms. The van der Waals surface area contributed by atoms with E-state index in [4.69, 9.17) is 4.99 Å². The Morgan fingerprint density at radius 1 is 0.615 bits per heavy atom. The van der Waals surface area contributed by atoms with E-state index < -0.39 is 5.41 Å². The van der Waals surface area contributed by atoms with Crippen LogP contribution in [-0.2, 0) is 4.79 Å². The molecule has 6 aromatic rings. The summed E-state index contributed by atoms with van der Waals surface area (Å²) in [6.07, 6.45) is 6.99. The number of nitrogens with zero attached hydrogens (tertiary/aromatic N) is 1. The smallest absolute Gasteiger partial charge is 0.182 e. The highest BCUT2D eigenvalue weighted by atomic mass is 16.1. The van der Waals surface area contributed by atoms with Crippen LogP contribution in [0.3, 0.4) is 0 Å². The third-order valence-electron chi connectivity index (χ3n) is 10.7. The Labute approximate surface area is 310 Å². The zero-order valence-electron chi connectivity index (χ0n) is 31.1. The SMILES string of the molecule is CC(=Nc1c(C(c2ccccc2)c2ccccc2)cc(C(c2ccccc2)c2ccccc2)c2cccc(C3C=CC(C)CC3)c12)C(=O)C(C)(C)C. The van der Waals surface area contributed by atoms with Gasteiger partial charge >= 0.3 is 0 Å². The molecule has 0 saturated heterocycles. The Balaban J connectivity index is 1.67. The summed E-state index contributed by atoms with van der Waals surface area (Å²) in [5, 5.41) is 2.33. The Kier molecular flexibility index (Phi) is 10.2. The number of benzene rings is 6. The summed E-state index contributed by atoms with van der Waals surface area (Å²) < 4.78 is 0. The van der Waals surface area contributed by atoms with Gasteiger partial charge in [0.1, 0.15) is 0 Å². The van der Waals surface area contributed by atoms with Gasteiger partial charge in [0.2, 0.25) is 0 Å². The Bertz CT molecular complexity index is 2130. The molecule has 0 aliphatic heterocycles. The second kappa shape index (κ2) is 15.1. The maximum atomic E-state index is 14.0. The zero-order chi connectivity index (χ0) is 36.2. The van der Waals surface area contributed by atoms with Crippen LogP contribution in [0.4, 0.5) is 5.69 Å². The van der Waals surface area contributed by atoms with E-state index in [0.717, 1.165) is 29.5 Å². The van der Waals surface area contributed by atoms with Gasteiger partial charge in [-0.15, -0.1) is 0 Å². The number of carbonyl (C=O) groups is 1. The molecule has 0 saturated carbocycles. The van der Waals surface area contributed by atoms with Crippen molar-refractivity contribution in [3.63, 3.8) is 0 Å².